The highest BCUT2D eigenvalue weighted by Gasteiger charge is 2.27. The molecule has 30 heavy (non-hydrogen) atoms. The number of aromatic nitrogens is 2. The molecule has 0 unspecified atom stereocenters. The van der Waals surface area contributed by atoms with E-state index in [2.05, 4.69) is 39.6 Å². The Morgan fingerprint density at radius 3 is 2.53 bits per heavy atom. The number of ether oxygens (including phenoxy) is 1. The first-order valence-corrected chi connectivity index (χ1v) is 10.4. The molecule has 152 valence electrons. The van der Waals surface area contributed by atoms with Crippen LogP contribution in [0.2, 0.25) is 0 Å². The maximum absolute atomic E-state index is 12.6. The van der Waals surface area contributed by atoms with Gasteiger partial charge < -0.3 is 15.0 Å². The van der Waals surface area contributed by atoms with Crippen LogP contribution >= 0.6 is 0 Å². The molecular weight excluding hydrogens is 376 g/mol. The maximum atomic E-state index is 12.6. The van der Waals surface area contributed by atoms with E-state index in [0.29, 0.717) is 25.6 Å². The van der Waals surface area contributed by atoms with Crippen LogP contribution in [0, 0.1) is 0 Å². The molecule has 1 aromatic heterocycles. The topological polar surface area (TPSA) is 67.3 Å². The quantitative estimate of drug-likeness (QED) is 0.722. The van der Waals surface area contributed by atoms with E-state index in [-0.39, 0.29) is 12.7 Å². The molecule has 6 heteroatoms. The number of anilines is 1. The first kappa shape index (κ1) is 18.6. The second-order valence-electron chi connectivity index (χ2n) is 7.88. The lowest BCUT2D eigenvalue weighted by atomic mass is 10.1. The lowest BCUT2D eigenvalue weighted by molar-refractivity contribution is 0.0916. The van der Waals surface area contributed by atoms with Crippen LogP contribution in [0.15, 0.2) is 60.9 Å². The van der Waals surface area contributed by atoms with Gasteiger partial charge in [-0.25, -0.2) is 14.8 Å². The predicted molar refractivity (Wildman–Crippen MR) is 114 cm³/mol. The Labute approximate surface area is 175 Å². The lowest BCUT2D eigenvalue weighted by Crippen LogP contribution is -2.37. The Morgan fingerprint density at radius 1 is 1.03 bits per heavy atom. The van der Waals surface area contributed by atoms with E-state index >= 15 is 0 Å². The van der Waals surface area contributed by atoms with Gasteiger partial charge in [-0.2, -0.15) is 0 Å². The summed E-state index contributed by atoms with van der Waals surface area (Å²) >= 11 is 0. The van der Waals surface area contributed by atoms with E-state index in [1.165, 1.54) is 11.1 Å². The third-order valence-corrected chi connectivity index (χ3v) is 5.86. The van der Waals surface area contributed by atoms with Crippen molar-refractivity contribution in [1.29, 1.82) is 0 Å². The molecule has 6 nitrogen and oxygen atoms in total. The van der Waals surface area contributed by atoms with Crippen LogP contribution in [0.25, 0.3) is 0 Å². The number of hydrogen-bond donors (Lipinski definition) is 1. The summed E-state index contributed by atoms with van der Waals surface area (Å²) in [5.74, 6) is 0.832. The van der Waals surface area contributed by atoms with Crippen molar-refractivity contribution in [3.8, 4) is 0 Å². The fraction of sp³-hybridized carbons (Fsp3) is 0.292. The van der Waals surface area contributed by atoms with Crippen LogP contribution in [0.4, 0.5) is 10.6 Å². The van der Waals surface area contributed by atoms with Crippen LogP contribution < -0.4 is 5.32 Å². The number of amides is 1. The lowest BCUT2D eigenvalue weighted by Gasteiger charge is -2.29. The van der Waals surface area contributed by atoms with Gasteiger partial charge in [0.2, 0.25) is 0 Å². The number of benzene rings is 2. The fourth-order valence-electron chi connectivity index (χ4n) is 4.29. The van der Waals surface area contributed by atoms with Crippen molar-refractivity contribution in [3.05, 3.63) is 88.9 Å². The normalized spacial score (nSPS) is 15.4. The summed E-state index contributed by atoms with van der Waals surface area (Å²) in [5, 5.41) is 3.60. The SMILES string of the molecule is O=C(OCc1ccccc1)N1CCc2ncnc(NC3Cc4ccccc4C3)c2C1. The first-order chi connectivity index (χ1) is 14.8. The molecule has 3 aromatic rings. The van der Waals surface area contributed by atoms with Crippen LogP contribution in [0.1, 0.15) is 27.9 Å². The summed E-state index contributed by atoms with van der Waals surface area (Å²) in [6.07, 6.45) is 3.99. The number of hydrogen-bond acceptors (Lipinski definition) is 5. The van der Waals surface area contributed by atoms with Crippen LogP contribution in [0.3, 0.4) is 0 Å². The minimum Gasteiger partial charge on any atom is -0.445 e. The van der Waals surface area contributed by atoms with Gasteiger partial charge in [-0.3, -0.25) is 0 Å². The van der Waals surface area contributed by atoms with Gasteiger partial charge in [-0.05, 0) is 29.5 Å². The molecule has 5 rings (SSSR count). The molecule has 0 saturated heterocycles. The Kier molecular flexibility index (Phi) is 5.05. The van der Waals surface area contributed by atoms with E-state index in [0.717, 1.165) is 35.5 Å². The second kappa shape index (κ2) is 8.14. The molecule has 2 heterocycles. The van der Waals surface area contributed by atoms with Crippen molar-refractivity contribution in [1.82, 2.24) is 14.9 Å². The molecule has 0 atom stereocenters. The Morgan fingerprint density at radius 2 is 1.77 bits per heavy atom. The van der Waals surface area contributed by atoms with Crippen LogP contribution in [-0.2, 0) is 37.2 Å². The van der Waals surface area contributed by atoms with Gasteiger partial charge in [0.05, 0.1) is 12.2 Å². The molecule has 2 aromatic carbocycles. The number of carbonyl (C=O) groups is 1. The fourth-order valence-corrected chi connectivity index (χ4v) is 4.29. The molecule has 0 saturated carbocycles. The van der Waals surface area contributed by atoms with Gasteiger partial charge in [0.1, 0.15) is 18.8 Å². The van der Waals surface area contributed by atoms with Crippen molar-refractivity contribution >= 4 is 11.9 Å². The molecule has 0 radical (unpaired) electrons. The highest BCUT2D eigenvalue weighted by Crippen LogP contribution is 2.28. The number of carbonyl (C=O) groups excluding carboxylic acids is 1. The Balaban J connectivity index is 1.26. The van der Waals surface area contributed by atoms with Gasteiger partial charge in [0, 0.05) is 24.6 Å². The highest BCUT2D eigenvalue weighted by atomic mass is 16.6. The summed E-state index contributed by atoms with van der Waals surface area (Å²) in [6.45, 7) is 1.34. The zero-order valence-corrected chi connectivity index (χ0v) is 16.8. The number of nitrogens with one attached hydrogen (secondary N) is 1. The van der Waals surface area contributed by atoms with Crippen LogP contribution in [-0.4, -0.2) is 33.5 Å². The van der Waals surface area contributed by atoms with E-state index in [4.69, 9.17) is 4.74 Å². The van der Waals surface area contributed by atoms with E-state index in [1.54, 1.807) is 11.2 Å². The molecule has 0 fully saturated rings. The summed E-state index contributed by atoms with van der Waals surface area (Å²) in [7, 11) is 0. The van der Waals surface area contributed by atoms with E-state index < -0.39 is 0 Å². The third-order valence-electron chi connectivity index (χ3n) is 5.86. The zero-order chi connectivity index (χ0) is 20.3. The molecule has 0 bridgehead atoms. The predicted octanol–water partition coefficient (Wildman–Crippen LogP) is 3.75. The van der Waals surface area contributed by atoms with E-state index in [9.17, 15) is 4.79 Å². The Hall–Kier alpha value is -3.41. The zero-order valence-electron chi connectivity index (χ0n) is 16.8. The average Bonchev–Trinajstić information content (AvgIpc) is 3.20. The summed E-state index contributed by atoms with van der Waals surface area (Å²) in [4.78, 5) is 23.3. The van der Waals surface area contributed by atoms with Gasteiger partial charge in [0.15, 0.2) is 0 Å². The van der Waals surface area contributed by atoms with Gasteiger partial charge in [0.25, 0.3) is 0 Å². The smallest absolute Gasteiger partial charge is 0.410 e. The molecule has 1 amide bonds. The van der Waals surface area contributed by atoms with Gasteiger partial charge in [-0.15, -0.1) is 0 Å². The summed E-state index contributed by atoms with van der Waals surface area (Å²) in [5.41, 5.74) is 5.77. The standard InChI is InChI=1S/C24H24N4O2/c29-24(30-15-17-6-2-1-3-7-17)28-11-10-22-21(14-28)23(26-16-25-22)27-20-12-18-8-4-5-9-19(18)13-20/h1-9,16,20H,10-15H2,(H,25,26,27). The molecular formula is C24H24N4O2. The number of fused-ring (bicyclic) bond motifs is 2. The third kappa shape index (κ3) is 3.85. The minimum absolute atomic E-state index is 0.278. The summed E-state index contributed by atoms with van der Waals surface area (Å²) < 4.78 is 5.52. The molecule has 1 aliphatic heterocycles. The molecule has 0 spiro atoms. The van der Waals surface area contributed by atoms with Crippen LogP contribution in [0.5, 0.6) is 0 Å². The monoisotopic (exact) mass is 400 g/mol. The number of rotatable bonds is 4. The second-order valence-corrected chi connectivity index (χ2v) is 7.88. The van der Waals surface area contributed by atoms with Gasteiger partial charge in [-0.1, -0.05) is 54.6 Å². The largest absolute Gasteiger partial charge is 0.445 e. The van der Waals surface area contributed by atoms with Gasteiger partial charge >= 0.3 is 6.09 Å². The molecule has 1 N–H and O–H groups in total. The van der Waals surface area contributed by atoms with Crippen molar-refractivity contribution in [2.75, 3.05) is 11.9 Å². The first-order valence-electron chi connectivity index (χ1n) is 10.4. The Bertz CT molecular complexity index is 1030. The van der Waals surface area contributed by atoms with Crippen molar-refractivity contribution in [2.45, 2.75) is 38.5 Å². The minimum atomic E-state index is -0.299. The van der Waals surface area contributed by atoms with E-state index in [1.807, 2.05) is 30.3 Å². The summed E-state index contributed by atoms with van der Waals surface area (Å²) in [6, 6.07) is 18.6. The number of nitrogens with zero attached hydrogens (tertiary/aromatic N) is 3. The molecule has 2 aliphatic rings. The van der Waals surface area contributed by atoms with Crippen molar-refractivity contribution in [2.24, 2.45) is 0 Å². The van der Waals surface area contributed by atoms with Crippen molar-refractivity contribution in [3.63, 3.8) is 0 Å². The maximum Gasteiger partial charge on any atom is 0.410 e. The molecule has 1 aliphatic carbocycles. The van der Waals surface area contributed by atoms with Crippen molar-refractivity contribution < 1.29 is 9.53 Å². The highest BCUT2D eigenvalue weighted by molar-refractivity contribution is 5.68. The average molecular weight is 400 g/mol.